The molecule has 0 saturated heterocycles. The van der Waals surface area contributed by atoms with E-state index in [1.807, 2.05) is 18.2 Å². The lowest BCUT2D eigenvalue weighted by atomic mass is 10.1. The number of carbonyl (C=O) groups is 1. The lowest BCUT2D eigenvalue weighted by Crippen LogP contribution is -2.14. The van der Waals surface area contributed by atoms with Gasteiger partial charge in [0.2, 0.25) is 0 Å². The van der Waals surface area contributed by atoms with E-state index < -0.39 is 0 Å². The lowest BCUT2D eigenvalue weighted by Gasteiger charge is -2.14. The fourth-order valence-electron chi connectivity index (χ4n) is 2.62. The predicted octanol–water partition coefficient (Wildman–Crippen LogP) is 5.19. The molecule has 0 aromatic heterocycles. The summed E-state index contributed by atoms with van der Waals surface area (Å²) in [5.41, 5.74) is 1.88. The molecular weight excluding hydrogens is 378 g/mol. The summed E-state index contributed by atoms with van der Waals surface area (Å²) < 4.78 is 16.4. The highest BCUT2D eigenvalue weighted by atomic mass is 35.5. The van der Waals surface area contributed by atoms with Gasteiger partial charge in [-0.2, -0.15) is 0 Å². The summed E-state index contributed by atoms with van der Waals surface area (Å²) in [5.74, 6) is 1.33. The third-order valence-corrected chi connectivity index (χ3v) is 4.35. The maximum absolute atomic E-state index is 12.9. The van der Waals surface area contributed by atoms with Gasteiger partial charge in [0.15, 0.2) is 0 Å². The van der Waals surface area contributed by atoms with Crippen LogP contribution < -0.4 is 19.5 Å². The van der Waals surface area contributed by atoms with Gasteiger partial charge in [0.05, 0.1) is 25.5 Å². The molecule has 3 aromatic carbocycles. The Morgan fingerprint density at radius 2 is 1.68 bits per heavy atom. The summed E-state index contributed by atoms with van der Waals surface area (Å²) >= 11 is 5.91. The molecule has 0 radical (unpaired) electrons. The van der Waals surface area contributed by atoms with Gasteiger partial charge in [-0.25, -0.2) is 0 Å². The fraction of sp³-hybridized carbons (Fsp3) is 0.136. The minimum absolute atomic E-state index is 0.307. The van der Waals surface area contributed by atoms with E-state index >= 15 is 0 Å². The number of ether oxygens (including phenoxy) is 3. The topological polar surface area (TPSA) is 56.8 Å². The molecule has 0 aliphatic carbocycles. The molecule has 3 aromatic rings. The van der Waals surface area contributed by atoms with Gasteiger partial charge in [-0.1, -0.05) is 35.9 Å². The first-order valence-corrected chi connectivity index (χ1v) is 8.98. The van der Waals surface area contributed by atoms with Gasteiger partial charge in [0.25, 0.3) is 5.91 Å². The number of amides is 1. The number of halogens is 1. The zero-order chi connectivity index (χ0) is 19.9. The molecule has 0 aliphatic heterocycles. The summed E-state index contributed by atoms with van der Waals surface area (Å²) in [5, 5.41) is 3.52. The Bertz CT molecular complexity index is 957. The van der Waals surface area contributed by atoms with E-state index in [1.165, 1.54) is 0 Å². The van der Waals surface area contributed by atoms with Crippen molar-refractivity contribution in [3.63, 3.8) is 0 Å². The van der Waals surface area contributed by atoms with E-state index in [-0.39, 0.29) is 5.91 Å². The van der Waals surface area contributed by atoms with Crippen molar-refractivity contribution in [2.45, 2.75) is 6.61 Å². The number of hydrogen-bond acceptors (Lipinski definition) is 4. The predicted molar refractivity (Wildman–Crippen MR) is 110 cm³/mol. The van der Waals surface area contributed by atoms with Crippen LogP contribution in [-0.4, -0.2) is 20.1 Å². The summed E-state index contributed by atoms with van der Waals surface area (Å²) in [6, 6.07) is 19.6. The Morgan fingerprint density at radius 1 is 0.929 bits per heavy atom. The first-order chi connectivity index (χ1) is 13.6. The number of methoxy groups -OCH3 is 2. The highest BCUT2D eigenvalue weighted by Crippen LogP contribution is 2.30. The number of rotatable bonds is 7. The highest BCUT2D eigenvalue weighted by molar-refractivity contribution is 6.30. The molecule has 0 heterocycles. The minimum atomic E-state index is -0.307. The van der Waals surface area contributed by atoms with Gasteiger partial charge >= 0.3 is 0 Å². The standard InChI is InChI=1S/C22H20ClNO4/c1-26-17-11-12-21(27-2)19(13-17)24-22(25)18-5-3-4-6-20(18)28-14-15-7-9-16(23)10-8-15/h3-13H,14H2,1-2H3,(H,24,25). The van der Waals surface area contributed by atoms with Gasteiger partial charge in [-0.3, -0.25) is 4.79 Å². The molecule has 0 unspecified atom stereocenters. The SMILES string of the molecule is COc1ccc(OC)c(NC(=O)c2ccccc2OCc2ccc(Cl)cc2)c1. The second-order valence-corrected chi connectivity index (χ2v) is 6.37. The van der Waals surface area contributed by atoms with Crippen molar-refractivity contribution >= 4 is 23.2 Å². The molecule has 5 nitrogen and oxygen atoms in total. The molecule has 3 rings (SSSR count). The summed E-state index contributed by atoms with van der Waals surface area (Å²) in [6.45, 7) is 0.323. The number of nitrogens with one attached hydrogen (secondary N) is 1. The van der Waals surface area contributed by atoms with Gasteiger partial charge in [-0.15, -0.1) is 0 Å². The number of para-hydroxylation sites is 1. The van der Waals surface area contributed by atoms with E-state index in [0.29, 0.717) is 40.1 Å². The molecule has 144 valence electrons. The third-order valence-electron chi connectivity index (χ3n) is 4.09. The van der Waals surface area contributed by atoms with Crippen LogP contribution in [-0.2, 0) is 6.61 Å². The van der Waals surface area contributed by atoms with Crippen LogP contribution in [0, 0.1) is 0 Å². The van der Waals surface area contributed by atoms with E-state index in [1.54, 1.807) is 62.8 Å². The maximum atomic E-state index is 12.9. The Hall–Kier alpha value is -3.18. The number of hydrogen-bond donors (Lipinski definition) is 1. The van der Waals surface area contributed by atoms with Crippen molar-refractivity contribution in [3.8, 4) is 17.2 Å². The van der Waals surface area contributed by atoms with Crippen molar-refractivity contribution in [1.82, 2.24) is 0 Å². The molecule has 0 aliphatic rings. The van der Waals surface area contributed by atoms with Crippen molar-refractivity contribution in [3.05, 3.63) is 82.9 Å². The van der Waals surface area contributed by atoms with Crippen LogP contribution in [0.2, 0.25) is 5.02 Å². The molecule has 0 fully saturated rings. The second kappa shape index (κ2) is 9.15. The van der Waals surface area contributed by atoms with E-state index in [0.717, 1.165) is 5.56 Å². The largest absolute Gasteiger partial charge is 0.497 e. The van der Waals surface area contributed by atoms with E-state index in [9.17, 15) is 4.79 Å². The van der Waals surface area contributed by atoms with Crippen molar-refractivity contribution in [1.29, 1.82) is 0 Å². The fourth-order valence-corrected chi connectivity index (χ4v) is 2.75. The maximum Gasteiger partial charge on any atom is 0.259 e. The molecule has 0 saturated carbocycles. The molecule has 0 atom stereocenters. The van der Waals surface area contributed by atoms with Crippen LogP contribution in [0.4, 0.5) is 5.69 Å². The normalized spacial score (nSPS) is 10.2. The molecule has 6 heteroatoms. The first kappa shape index (κ1) is 19.6. The Balaban J connectivity index is 1.78. The van der Waals surface area contributed by atoms with E-state index in [4.69, 9.17) is 25.8 Å². The lowest BCUT2D eigenvalue weighted by molar-refractivity contribution is 0.102. The molecule has 1 amide bonds. The van der Waals surface area contributed by atoms with Gasteiger partial charge in [-0.05, 0) is 42.0 Å². The molecule has 0 bridgehead atoms. The van der Waals surface area contributed by atoms with Gasteiger partial charge < -0.3 is 19.5 Å². The Morgan fingerprint density at radius 3 is 2.39 bits per heavy atom. The van der Waals surface area contributed by atoms with Crippen LogP contribution in [0.25, 0.3) is 0 Å². The zero-order valence-corrected chi connectivity index (χ0v) is 16.3. The highest BCUT2D eigenvalue weighted by Gasteiger charge is 2.15. The van der Waals surface area contributed by atoms with Crippen molar-refractivity contribution in [2.24, 2.45) is 0 Å². The van der Waals surface area contributed by atoms with Gasteiger partial charge in [0.1, 0.15) is 23.9 Å². The molecule has 1 N–H and O–H groups in total. The van der Waals surface area contributed by atoms with E-state index in [2.05, 4.69) is 5.32 Å². The quantitative estimate of drug-likeness (QED) is 0.596. The van der Waals surface area contributed by atoms with Crippen LogP contribution in [0.3, 0.4) is 0 Å². The summed E-state index contributed by atoms with van der Waals surface area (Å²) in [6.07, 6.45) is 0. The Kier molecular flexibility index (Phi) is 6.40. The Labute approximate surface area is 168 Å². The summed E-state index contributed by atoms with van der Waals surface area (Å²) in [4.78, 5) is 12.9. The minimum Gasteiger partial charge on any atom is -0.497 e. The van der Waals surface area contributed by atoms with Crippen molar-refractivity contribution < 1.29 is 19.0 Å². The monoisotopic (exact) mass is 397 g/mol. The number of carbonyl (C=O) groups excluding carboxylic acids is 1. The number of benzene rings is 3. The first-order valence-electron chi connectivity index (χ1n) is 8.60. The van der Waals surface area contributed by atoms with Crippen LogP contribution >= 0.6 is 11.6 Å². The average molecular weight is 398 g/mol. The van der Waals surface area contributed by atoms with Crippen LogP contribution in [0.5, 0.6) is 17.2 Å². The third kappa shape index (κ3) is 4.75. The molecule has 0 spiro atoms. The second-order valence-electron chi connectivity index (χ2n) is 5.93. The molecule has 28 heavy (non-hydrogen) atoms. The molecular formula is C22H20ClNO4. The van der Waals surface area contributed by atoms with Gasteiger partial charge in [0, 0.05) is 11.1 Å². The van der Waals surface area contributed by atoms with Crippen molar-refractivity contribution in [2.75, 3.05) is 19.5 Å². The average Bonchev–Trinajstić information content (AvgIpc) is 2.73. The number of anilines is 1. The van der Waals surface area contributed by atoms with Crippen LogP contribution in [0.15, 0.2) is 66.7 Å². The zero-order valence-electron chi connectivity index (χ0n) is 15.6. The van der Waals surface area contributed by atoms with Crippen LogP contribution in [0.1, 0.15) is 15.9 Å². The smallest absolute Gasteiger partial charge is 0.259 e. The summed E-state index contributed by atoms with van der Waals surface area (Å²) in [7, 11) is 3.11.